The minimum atomic E-state index is 0.391. The van der Waals surface area contributed by atoms with Crippen LogP contribution in [0.2, 0.25) is 0 Å². The van der Waals surface area contributed by atoms with Gasteiger partial charge in [0, 0.05) is 44.9 Å². The van der Waals surface area contributed by atoms with Gasteiger partial charge in [0.05, 0.1) is 0 Å². The van der Waals surface area contributed by atoms with Gasteiger partial charge in [-0.1, -0.05) is 72.8 Å². The summed E-state index contributed by atoms with van der Waals surface area (Å²) in [6, 6.07) is 54.9. The van der Waals surface area contributed by atoms with E-state index in [0.29, 0.717) is 5.41 Å². The van der Waals surface area contributed by atoms with E-state index in [9.17, 15) is 0 Å². The lowest BCUT2D eigenvalue weighted by Crippen LogP contribution is -2.48. The van der Waals surface area contributed by atoms with E-state index < -0.39 is 0 Å². The SMILES string of the molecule is c1ccc(N(c2ccc(C34CC5CC(CC(C5)C3)C4)cc2)c2cccc(N(c3ccccc3)c3ccc4oc5ccccc5c4c3)c2)cc1. The maximum Gasteiger partial charge on any atom is 0.135 e. The van der Waals surface area contributed by atoms with E-state index in [1.165, 1.54) is 44.2 Å². The van der Waals surface area contributed by atoms with Gasteiger partial charge in [-0.05, 0) is 146 Å². The number of rotatable bonds is 7. The highest BCUT2D eigenvalue weighted by Gasteiger charge is 2.51. The Morgan fingerprint density at radius 2 is 0.878 bits per heavy atom. The minimum absolute atomic E-state index is 0.391. The molecule has 4 aliphatic carbocycles. The van der Waals surface area contributed by atoms with Gasteiger partial charge >= 0.3 is 0 Å². The molecule has 3 nitrogen and oxygen atoms in total. The maximum atomic E-state index is 6.20. The number of hydrogen-bond acceptors (Lipinski definition) is 3. The van der Waals surface area contributed by atoms with Gasteiger partial charge in [0.25, 0.3) is 0 Å². The highest BCUT2D eigenvalue weighted by molar-refractivity contribution is 6.06. The second-order valence-corrected chi connectivity index (χ2v) is 14.9. The molecule has 0 radical (unpaired) electrons. The van der Waals surface area contributed by atoms with Gasteiger partial charge in [-0.3, -0.25) is 0 Å². The molecule has 4 saturated carbocycles. The smallest absolute Gasteiger partial charge is 0.135 e. The molecule has 6 aromatic carbocycles. The van der Waals surface area contributed by atoms with E-state index in [4.69, 9.17) is 4.42 Å². The van der Waals surface area contributed by atoms with E-state index in [-0.39, 0.29) is 0 Å². The van der Waals surface area contributed by atoms with Gasteiger partial charge in [-0.15, -0.1) is 0 Å². The Hall–Kier alpha value is -5.28. The van der Waals surface area contributed by atoms with Crippen molar-refractivity contribution in [3.8, 4) is 0 Å². The summed E-state index contributed by atoms with van der Waals surface area (Å²) in [6.07, 6.45) is 8.58. The predicted molar refractivity (Wildman–Crippen MR) is 203 cm³/mol. The molecular formula is C46H40N2O. The van der Waals surface area contributed by atoms with Gasteiger partial charge in [-0.25, -0.2) is 0 Å². The van der Waals surface area contributed by atoms with E-state index in [0.717, 1.165) is 68.1 Å². The molecule has 0 atom stereocenters. The molecule has 0 spiro atoms. The van der Waals surface area contributed by atoms with Crippen LogP contribution in [0.1, 0.15) is 44.1 Å². The molecule has 3 heteroatoms. The van der Waals surface area contributed by atoms with Crippen LogP contribution in [-0.4, -0.2) is 0 Å². The first-order valence-electron chi connectivity index (χ1n) is 18.0. The zero-order valence-electron chi connectivity index (χ0n) is 27.7. The molecule has 0 unspecified atom stereocenters. The summed E-state index contributed by atoms with van der Waals surface area (Å²) in [4.78, 5) is 4.76. The number of anilines is 6. The van der Waals surface area contributed by atoms with Crippen LogP contribution >= 0.6 is 0 Å². The molecule has 1 aromatic heterocycles. The zero-order valence-corrected chi connectivity index (χ0v) is 27.7. The molecule has 4 fully saturated rings. The summed E-state index contributed by atoms with van der Waals surface area (Å²) in [6.45, 7) is 0. The first-order valence-corrected chi connectivity index (χ1v) is 18.0. The Balaban J connectivity index is 1.07. The average molecular weight is 637 g/mol. The lowest BCUT2D eigenvalue weighted by Gasteiger charge is -2.57. The molecule has 4 aliphatic rings. The van der Waals surface area contributed by atoms with Crippen LogP contribution in [0.25, 0.3) is 21.9 Å². The Labute approximate surface area is 288 Å². The standard InChI is InChI=1S/C46H40N2O/c1-3-10-36(11-4-1)47(38-20-18-35(19-21-38)46-29-32-24-33(30-46)26-34(25-32)31-46)39-14-9-15-40(27-39)48(37-12-5-2-6-13-37)41-22-23-45-43(28-41)42-16-7-8-17-44(42)49-45/h1-23,27-28,32-34H,24-26,29-31H2. The van der Waals surface area contributed by atoms with Gasteiger partial charge in [-0.2, -0.15) is 0 Å². The van der Waals surface area contributed by atoms with Crippen LogP contribution in [0.15, 0.2) is 156 Å². The third kappa shape index (κ3) is 4.94. The summed E-state index contributed by atoms with van der Waals surface area (Å²) in [5, 5.41) is 2.25. The lowest BCUT2D eigenvalue weighted by molar-refractivity contribution is -0.00518. The van der Waals surface area contributed by atoms with Crippen LogP contribution in [0, 0.1) is 17.8 Å². The lowest BCUT2D eigenvalue weighted by atomic mass is 9.48. The number of hydrogen-bond donors (Lipinski definition) is 0. The van der Waals surface area contributed by atoms with Crippen molar-refractivity contribution in [1.29, 1.82) is 0 Å². The molecule has 0 N–H and O–H groups in total. The summed E-state index contributed by atoms with van der Waals surface area (Å²) < 4.78 is 6.20. The first-order chi connectivity index (χ1) is 24.2. The second-order valence-electron chi connectivity index (χ2n) is 14.9. The van der Waals surface area contributed by atoms with Crippen LogP contribution < -0.4 is 9.80 Å². The molecule has 11 rings (SSSR count). The van der Waals surface area contributed by atoms with E-state index >= 15 is 0 Å². The Bertz CT molecular complexity index is 2240. The normalized spacial score (nSPS) is 22.5. The molecule has 49 heavy (non-hydrogen) atoms. The minimum Gasteiger partial charge on any atom is -0.456 e. The van der Waals surface area contributed by atoms with Gasteiger partial charge < -0.3 is 14.2 Å². The number of benzene rings is 6. The van der Waals surface area contributed by atoms with Crippen molar-refractivity contribution in [3.05, 3.63) is 157 Å². The Morgan fingerprint density at radius 3 is 1.51 bits per heavy atom. The van der Waals surface area contributed by atoms with E-state index in [2.05, 4.69) is 149 Å². The van der Waals surface area contributed by atoms with E-state index in [1.54, 1.807) is 5.56 Å². The molecule has 240 valence electrons. The van der Waals surface area contributed by atoms with Crippen LogP contribution in [0.4, 0.5) is 34.1 Å². The first kappa shape index (κ1) is 28.7. The molecule has 0 aliphatic heterocycles. The van der Waals surface area contributed by atoms with Crippen molar-refractivity contribution >= 4 is 56.1 Å². The highest BCUT2D eigenvalue weighted by Crippen LogP contribution is 2.61. The van der Waals surface area contributed by atoms with Crippen molar-refractivity contribution < 1.29 is 4.42 Å². The van der Waals surface area contributed by atoms with Crippen LogP contribution in [0.5, 0.6) is 0 Å². The molecule has 7 aromatic rings. The van der Waals surface area contributed by atoms with Crippen molar-refractivity contribution in [2.24, 2.45) is 17.8 Å². The monoisotopic (exact) mass is 636 g/mol. The fraction of sp³-hybridized carbons (Fsp3) is 0.217. The van der Waals surface area contributed by atoms with Crippen molar-refractivity contribution in [2.45, 2.75) is 43.9 Å². The maximum absolute atomic E-state index is 6.20. The zero-order chi connectivity index (χ0) is 32.4. The Morgan fingerprint density at radius 1 is 0.408 bits per heavy atom. The fourth-order valence-corrected chi connectivity index (χ4v) is 10.1. The predicted octanol–water partition coefficient (Wildman–Crippen LogP) is 13.0. The summed E-state index contributed by atoms with van der Waals surface area (Å²) in [7, 11) is 0. The van der Waals surface area contributed by atoms with Crippen molar-refractivity contribution in [2.75, 3.05) is 9.80 Å². The number of furan rings is 1. The van der Waals surface area contributed by atoms with Gasteiger partial charge in [0.15, 0.2) is 0 Å². The molecule has 0 amide bonds. The molecule has 0 saturated heterocycles. The summed E-state index contributed by atoms with van der Waals surface area (Å²) in [5.41, 5.74) is 10.5. The molecular weight excluding hydrogens is 597 g/mol. The van der Waals surface area contributed by atoms with E-state index in [1.807, 2.05) is 12.1 Å². The van der Waals surface area contributed by atoms with Crippen molar-refractivity contribution in [1.82, 2.24) is 0 Å². The molecule has 1 heterocycles. The Kier molecular flexibility index (Phi) is 6.69. The topological polar surface area (TPSA) is 19.6 Å². The number of fused-ring (bicyclic) bond motifs is 3. The number of para-hydroxylation sites is 3. The summed E-state index contributed by atoms with van der Waals surface area (Å²) >= 11 is 0. The largest absolute Gasteiger partial charge is 0.456 e. The fourth-order valence-electron chi connectivity index (χ4n) is 10.1. The third-order valence-corrected chi connectivity index (χ3v) is 11.8. The average Bonchev–Trinajstić information content (AvgIpc) is 3.51. The second kappa shape index (κ2) is 11.4. The highest BCUT2D eigenvalue weighted by atomic mass is 16.3. The van der Waals surface area contributed by atoms with Gasteiger partial charge in [0.2, 0.25) is 0 Å². The number of nitrogens with zero attached hydrogens (tertiary/aromatic N) is 2. The van der Waals surface area contributed by atoms with Crippen LogP contribution in [-0.2, 0) is 5.41 Å². The molecule has 4 bridgehead atoms. The van der Waals surface area contributed by atoms with Crippen LogP contribution in [0.3, 0.4) is 0 Å². The third-order valence-electron chi connectivity index (χ3n) is 11.8. The van der Waals surface area contributed by atoms with Crippen molar-refractivity contribution in [3.63, 3.8) is 0 Å². The summed E-state index contributed by atoms with van der Waals surface area (Å²) in [5.74, 6) is 2.82. The van der Waals surface area contributed by atoms with Gasteiger partial charge in [0.1, 0.15) is 11.2 Å². The quantitative estimate of drug-likeness (QED) is 0.174.